The summed E-state index contributed by atoms with van der Waals surface area (Å²) < 4.78 is 48.4. The Bertz CT molecular complexity index is 496. The summed E-state index contributed by atoms with van der Waals surface area (Å²) in [5, 5.41) is 2.57. The first kappa shape index (κ1) is 19.5. The van der Waals surface area contributed by atoms with Crippen molar-refractivity contribution < 1.29 is 22.0 Å². The SMILES string of the molecule is CS(=O)(=O)CCN1CCN(C(=O)C2CC(F)(F)CN2)CC1.Cl. The summed E-state index contributed by atoms with van der Waals surface area (Å²) in [7, 11) is -2.99. The van der Waals surface area contributed by atoms with Gasteiger partial charge in [0.25, 0.3) is 5.92 Å². The van der Waals surface area contributed by atoms with Crippen LogP contribution in [0.4, 0.5) is 8.78 Å². The molecule has 1 atom stereocenters. The summed E-state index contributed by atoms with van der Waals surface area (Å²) in [5.74, 6) is -3.00. The molecule has 22 heavy (non-hydrogen) atoms. The molecule has 130 valence electrons. The number of nitrogens with one attached hydrogen (secondary N) is 1. The highest BCUT2D eigenvalue weighted by Gasteiger charge is 2.43. The third-order valence-electron chi connectivity index (χ3n) is 3.87. The van der Waals surface area contributed by atoms with E-state index in [1.54, 1.807) is 4.90 Å². The van der Waals surface area contributed by atoms with Crippen LogP contribution in [0.1, 0.15) is 6.42 Å². The quantitative estimate of drug-likeness (QED) is 0.737. The number of hydrogen-bond acceptors (Lipinski definition) is 5. The number of amides is 1. The van der Waals surface area contributed by atoms with E-state index in [4.69, 9.17) is 0 Å². The molecule has 1 unspecified atom stereocenters. The van der Waals surface area contributed by atoms with Gasteiger partial charge in [-0.15, -0.1) is 12.4 Å². The lowest BCUT2D eigenvalue weighted by Gasteiger charge is -2.35. The van der Waals surface area contributed by atoms with Crippen LogP contribution >= 0.6 is 12.4 Å². The lowest BCUT2D eigenvalue weighted by molar-refractivity contribution is -0.135. The molecule has 2 rings (SSSR count). The summed E-state index contributed by atoms with van der Waals surface area (Å²) in [4.78, 5) is 15.7. The van der Waals surface area contributed by atoms with Gasteiger partial charge in [0.2, 0.25) is 5.91 Å². The van der Waals surface area contributed by atoms with E-state index in [0.717, 1.165) is 0 Å². The highest BCUT2D eigenvalue weighted by atomic mass is 35.5. The third-order valence-corrected chi connectivity index (χ3v) is 4.79. The zero-order valence-corrected chi connectivity index (χ0v) is 14.1. The molecule has 2 fully saturated rings. The van der Waals surface area contributed by atoms with Gasteiger partial charge in [0.1, 0.15) is 9.84 Å². The summed E-state index contributed by atoms with van der Waals surface area (Å²) in [5.41, 5.74) is 0. The fraction of sp³-hybridized carbons (Fsp3) is 0.917. The number of nitrogens with zero attached hydrogens (tertiary/aromatic N) is 2. The van der Waals surface area contributed by atoms with Crippen molar-refractivity contribution >= 4 is 28.2 Å². The molecule has 0 aromatic carbocycles. The molecular formula is C12H22ClF2N3O3S. The van der Waals surface area contributed by atoms with Gasteiger partial charge in [0.15, 0.2) is 0 Å². The van der Waals surface area contributed by atoms with Crippen LogP contribution in [0.25, 0.3) is 0 Å². The van der Waals surface area contributed by atoms with Gasteiger partial charge in [-0.1, -0.05) is 0 Å². The molecule has 2 saturated heterocycles. The fourth-order valence-corrected chi connectivity index (χ4v) is 3.19. The van der Waals surface area contributed by atoms with Gasteiger partial charge >= 0.3 is 0 Å². The maximum absolute atomic E-state index is 13.1. The molecule has 10 heteroatoms. The Morgan fingerprint density at radius 1 is 1.27 bits per heavy atom. The second kappa shape index (κ2) is 7.37. The molecule has 0 aliphatic carbocycles. The molecule has 1 amide bonds. The van der Waals surface area contributed by atoms with Crippen LogP contribution in [0.3, 0.4) is 0 Å². The van der Waals surface area contributed by atoms with E-state index in [9.17, 15) is 22.0 Å². The van der Waals surface area contributed by atoms with Gasteiger partial charge in [-0.2, -0.15) is 0 Å². The number of rotatable bonds is 4. The Kier molecular flexibility index (Phi) is 6.55. The second-order valence-electron chi connectivity index (χ2n) is 5.79. The third kappa shape index (κ3) is 5.60. The maximum atomic E-state index is 13.1. The van der Waals surface area contributed by atoms with Crippen molar-refractivity contribution in [2.24, 2.45) is 0 Å². The minimum atomic E-state index is -2.99. The number of carbonyl (C=O) groups excluding carboxylic acids is 1. The summed E-state index contributed by atoms with van der Waals surface area (Å²) >= 11 is 0. The fourth-order valence-electron chi connectivity index (χ4n) is 2.60. The number of carbonyl (C=O) groups is 1. The van der Waals surface area contributed by atoms with Crippen LogP contribution in [0, 0.1) is 0 Å². The molecule has 6 nitrogen and oxygen atoms in total. The van der Waals surface area contributed by atoms with E-state index in [2.05, 4.69) is 5.32 Å². The first-order chi connectivity index (χ1) is 9.66. The van der Waals surface area contributed by atoms with Gasteiger partial charge in [-0.25, -0.2) is 17.2 Å². The number of sulfone groups is 1. The predicted octanol–water partition coefficient (Wildman–Crippen LogP) is -0.406. The van der Waals surface area contributed by atoms with Crippen molar-refractivity contribution in [1.29, 1.82) is 0 Å². The first-order valence-electron chi connectivity index (χ1n) is 6.96. The zero-order chi connectivity index (χ0) is 15.7. The monoisotopic (exact) mass is 361 g/mol. The topological polar surface area (TPSA) is 69.7 Å². The van der Waals surface area contributed by atoms with Crippen molar-refractivity contribution in [3.8, 4) is 0 Å². The lowest BCUT2D eigenvalue weighted by atomic mass is 10.1. The molecular weight excluding hydrogens is 340 g/mol. The van der Waals surface area contributed by atoms with Crippen molar-refractivity contribution in [3.05, 3.63) is 0 Å². The molecule has 2 aliphatic heterocycles. The highest BCUT2D eigenvalue weighted by Crippen LogP contribution is 2.26. The van der Waals surface area contributed by atoms with Gasteiger partial charge in [0.05, 0.1) is 18.3 Å². The van der Waals surface area contributed by atoms with Crippen LogP contribution < -0.4 is 5.32 Å². The number of halogens is 3. The van der Waals surface area contributed by atoms with Crippen LogP contribution in [0.2, 0.25) is 0 Å². The van der Waals surface area contributed by atoms with Crippen molar-refractivity contribution in [1.82, 2.24) is 15.1 Å². The molecule has 0 spiro atoms. The highest BCUT2D eigenvalue weighted by molar-refractivity contribution is 7.90. The number of hydrogen-bond donors (Lipinski definition) is 1. The molecule has 0 aromatic rings. The normalized spacial score (nSPS) is 25.8. The molecule has 1 N–H and O–H groups in total. The van der Waals surface area contributed by atoms with Crippen LogP contribution in [-0.2, 0) is 14.6 Å². The van der Waals surface area contributed by atoms with Gasteiger partial charge in [0, 0.05) is 45.4 Å². The summed E-state index contributed by atoms with van der Waals surface area (Å²) in [6.45, 7) is 2.05. The Balaban J connectivity index is 0.00000242. The second-order valence-corrected chi connectivity index (χ2v) is 8.05. The smallest absolute Gasteiger partial charge is 0.262 e. The number of alkyl halides is 2. The van der Waals surface area contributed by atoms with E-state index in [1.165, 1.54) is 6.26 Å². The van der Waals surface area contributed by atoms with E-state index in [-0.39, 0.29) is 24.1 Å². The Morgan fingerprint density at radius 3 is 2.32 bits per heavy atom. The molecule has 0 bridgehead atoms. The zero-order valence-electron chi connectivity index (χ0n) is 12.4. The van der Waals surface area contributed by atoms with Crippen molar-refractivity contribution in [3.63, 3.8) is 0 Å². The Hall–Kier alpha value is -0.510. The average Bonchev–Trinajstić information content (AvgIpc) is 2.76. The molecule has 2 heterocycles. The van der Waals surface area contributed by atoms with E-state index < -0.39 is 34.8 Å². The van der Waals surface area contributed by atoms with Crippen LogP contribution in [0.5, 0.6) is 0 Å². The van der Waals surface area contributed by atoms with Crippen molar-refractivity contribution in [2.75, 3.05) is 51.3 Å². The number of piperazine rings is 1. The van der Waals surface area contributed by atoms with E-state index in [0.29, 0.717) is 32.7 Å². The molecule has 0 radical (unpaired) electrons. The van der Waals surface area contributed by atoms with E-state index in [1.807, 2.05) is 4.90 Å². The summed E-state index contributed by atoms with van der Waals surface area (Å²) in [6.07, 6.45) is 0.749. The van der Waals surface area contributed by atoms with Gasteiger partial charge in [-0.05, 0) is 0 Å². The van der Waals surface area contributed by atoms with Crippen LogP contribution in [-0.4, -0.2) is 87.4 Å². The van der Waals surface area contributed by atoms with Crippen LogP contribution in [0.15, 0.2) is 0 Å². The Morgan fingerprint density at radius 2 is 1.86 bits per heavy atom. The average molecular weight is 362 g/mol. The van der Waals surface area contributed by atoms with Gasteiger partial charge < -0.3 is 4.90 Å². The molecule has 0 saturated carbocycles. The van der Waals surface area contributed by atoms with Crippen molar-refractivity contribution in [2.45, 2.75) is 18.4 Å². The summed E-state index contributed by atoms with van der Waals surface area (Å²) in [6, 6.07) is -0.803. The minimum absolute atomic E-state index is 0. The van der Waals surface area contributed by atoms with Gasteiger partial charge in [-0.3, -0.25) is 15.0 Å². The Labute approximate surface area is 135 Å². The predicted molar refractivity (Wildman–Crippen MR) is 81.3 cm³/mol. The first-order valence-corrected chi connectivity index (χ1v) is 9.02. The van der Waals surface area contributed by atoms with E-state index >= 15 is 0 Å². The largest absolute Gasteiger partial charge is 0.339 e. The standard InChI is InChI=1S/C12H21F2N3O3S.ClH/c1-21(19,20)7-6-16-2-4-17(5-3-16)11(18)10-8-12(13,14)9-15-10;/h10,15H,2-9H2,1H3;1H. The molecule has 2 aliphatic rings. The molecule has 0 aromatic heterocycles. The minimum Gasteiger partial charge on any atom is -0.339 e. The lowest BCUT2D eigenvalue weighted by Crippen LogP contribution is -2.53. The maximum Gasteiger partial charge on any atom is 0.262 e.